The van der Waals surface area contributed by atoms with E-state index < -0.39 is 0 Å². The predicted molar refractivity (Wildman–Crippen MR) is 71.2 cm³/mol. The molecule has 94 valence electrons. The third-order valence-corrected chi connectivity index (χ3v) is 3.65. The van der Waals surface area contributed by atoms with Crippen molar-refractivity contribution in [1.82, 2.24) is 15.2 Å². The Kier molecular flexibility index (Phi) is 4.77. The highest BCUT2D eigenvalue weighted by Gasteiger charge is 2.16. The lowest BCUT2D eigenvalue weighted by Gasteiger charge is -2.23. The van der Waals surface area contributed by atoms with Crippen molar-refractivity contribution < 1.29 is 0 Å². The standard InChI is InChI=1S/C13H20ClN3/c1-2-12-10-17(7-3-5-16-12)9-11-4-6-15-8-13(11)14/h4,6,8,12,16H,2-3,5,7,9-10H2,1H3. The van der Waals surface area contributed by atoms with Gasteiger partial charge in [0.05, 0.1) is 5.02 Å². The van der Waals surface area contributed by atoms with Crippen LogP contribution in [0.2, 0.25) is 5.02 Å². The summed E-state index contributed by atoms with van der Waals surface area (Å²) in [5, 5.41) is 4.35. The van der Waals surface area contributed by atoms with Crippen molar-refractivity contribution in [2.75, 3.05) is 19.6 Å². The molecule has 1 unspecified atom stereocenters. The molecule has 1 N–H and O–H groups in total. The Labute approximate surface area is 108 Å². The first-order valence-electron chi connectivity index (χ1n) is 6.33. The second kappa shape index (κ2) is 6.34. The van der Waals surface area contributed by atoms with Gasteiger partial charge in [0, 0.05) is 31.5 Å². The topological polar surface area (TPSA) is 28.2 Å². The van der Waals surface area contributed by atoms with Crippen LogP contribution in [0.4, 0.5) is 0 Å². The van der Waals surface area contributed by atoms with Gasteiger partial charge in [-0.25, -0.2) is 0 Å². The van der Waals surface area contributed by atoms with E-state index in [0.29, 0.717) is 6.04 Å². The molecule has 1 saturated heterocycles. The van der Waals surface area contributed by atoms with Gasteiger partial charge in [-0.15, -0.1) is 0 Å². The Hall–Kier alpha value is -0.640. The van der Waals surface area contributed by atoms with Crippen molar-refractivity contribution in [2.45, 2.75) is 32.4 Å². The molecule has 3 nitrogen and oxygen atoms in total. The van der Waals surface area contributed by atoms with Crippen LogP contribution in [0.25, 0.3) is 0 Å². The molecule has 1 aliphatic heterocycles. The lowest BCUT2D eigenvalue weighted by molar-refractivity contribution is 0.257. The van der Waals surface area contributed by atoms with Gasteiger partial charge in [-0.3, -0.25) is 9.88 Å². The molecular weight excluding hydrogens is 234 g/mol. The van der Waals surface area contributed by atoms with Gasteiger partial charge in [0.2, 0.25) is 0 Å². The maximum absolute atomic E-state index is 6.15. The van der Waals surface area contributed by atoms with Crippen LogP contribution in [0.3, 0.4) is 0 Å². The molecule has 0 radical (unpaired) electrons. The van der Waals surface area contributed by atoms with Gasteiger partial charge < -0.3 is 5.32 Å². The van der Waals surface area contributed by atoms with Crippen LogP contribution in [-0.2, 0) is 6.54 Å². The summed E-state index contributed by atoms with van der Waals surface area (Å²) >= 11 is 6.15. The molecule has 1 aliphatic rings. The third kappa shape index (κ3) is 3.66. The molecular formula is C13H20ClN3. The molecule has 0 aliphatic carbocycles. The fraction of sp³-hybridized carbons (Fsp3) is 0.615. The Bertz CT molecular complexity index is 356. The largest absolute Gasteiger partial charge is 0.313 e. The molecule has 1 aromatic heterocycles. The van der Waals surface area contributed by atoms with Crippen LogP contribution in [0.15, 0.2) is 18.5 Å². The smallest absolute Gasteiger partial charge is 0.0634 e. The van der Waals surface area contributed by atoms with Crippen molar-refractivity contribution in [2.24, 2.45) is 0 Å². The summed E-state index contributed by atoms with van der Waals surface area (Å²) in [6, 6.07) is 2.62. The minimum Gasteiger partial charge on any atom is -0.313 e. The van der Waals surface area contributed by atoms with Gasteiger partial charge >= 0.3 is 0 Å². The summed E-state index contributed by atoms with van der Waals surface area (Å²) in [6.45, 7) is 6.54. The Morgan fingerprint density at radius 2 is 2.47 bits per heavy atom. The first-order valence-corrected chi connectivity index (χ1v) is 6.71. The Morgan fingerprint density at radius 3 is 3.24 bits per heavy atom. The van der Waals surface area contributed by atoms with E-state index >= 15 is 0 Å². The highest BCUT2D eigenvalue weighted by Crippen LogP contribution is 2.17. The van der Waals surface area contributed by atoms with E-state index in [0.717, 1.165) is 31.2 Å². The molecule has 2 rings (SSSR count). The first kappa shape index (κ1) is 12.8. The average Bonchev–Trinajstić information content (AvgIpc) is 2.57. The Balaban J connectivity index is 2.00. The number of rotatable bonds is 3. The van der Waals surface area contributed by atoms with Crippen molar-refractivity contribution >= 4 is 11.6 Å². The number of halogens is 1. The second-order valence-electron chi connectivity index (χ2n) is 4.62. The van der Waals surface area contributed by atoms with Crippen molar-refractivity contribution in [1.29, 1.82) is 0 Å². The minimum absolute atomic E-state index is 0.609. The monoisotopic (exact) mass is 253 g/mol. The summed E-state index contributed by atoms with van der Waals surface area (Å²) in [6.07, 6.45) is 5.93. The highest BCUT2D eigenvalue weighted by molar-refractivity contribution is 6.31. The molecule has 0 spiro atoms. The molecule has 1 aromatic rings. The highest BCUT2D eigenvalue weighted by atomic mass is 35.5. The molecule has 2 heterocycles. The molecule has 0 saturated carbocycles. The first-order chi connectivity index (χ1) is 8.29. The van der Waals surface area contributed by atoms with Gasteiger partial charge in [-0.2, -0.15) is 0 Å². The SMILES string of the molecule is CCC1CN(Cc2ccncc2Cl)CCCN1. The van der Waals surface area contributed by atoms with Gasteiger partial charge in [0.15, 0.2) is 0 Å². The van der Waals surface area contributed by atoms with Crippen molar-refractivity contribution in [3.05, 3.63) is 29.0 Å². The fourth-order valence-corrected chi connectivity index (χ4v) is 2.45. The minimum atomic E-state index is 0.609. The van der Waals surface area contributed by atoms with Gasteiger partial charge in [0.25, 0.3) is 0 Å². The molecule has 17 heavy (non-hydrogen) atoms. The molecule has 0 amide bonds. The van der Waals surface area contributed by atoms with Crippen LogP contribution < -0.4 is 5.32 Å². The van der Waals surface area contributed by atoms with Crippen molar-refractivity contribution in [3.63, 3.8) is 0 Å². The molecule has 4 heteroatoms. The van der Waals surface area contributed by atoms with E-state index in [1.165, 1.54) is 18.4 Å². The molecule has 0 bridgehead atoms. The van der Waals surface area contributed by atoms with Crippen LogP contribution in [0.1, 0.15) is 25.3 Å². The van der Waals surface area contributed by atoms with Crippen LogP contribution >= 0.6 is 11.6 Å². The third-order valence-electron chi connectivity index (χ3n) is 3.31. The van der Waals surface area contributed by atoms with Crippen LogP contribution in [0.5, 0.6) is 0 Å². The molecule has 1 atom stereocenters. The number of hydrogen-bond donors (Lipinski definition) is 1. The summed E-state index contributed by atoms with van der Waals surface area (Å²) in [5.41, 5.74) is 1.18. The number of nitrogens with one attached hydrogen (secondary N) is 1. The zero-order chi connectivity index (χ0) is 12.1. The van der Waals surface area contributed by atoms with Gasteiger partial charge in [-0.1, -0.05) is 18.5 Å². The second-order valence-corrected chi connectivity index (χ2v) is 5.02. The van der Waals surface area contributed by atoms with E-state index in [4.69, 9.17) is 11.6 Å². The van der Waals surface area contributed by atoms with Crippen LogP contribution in [-0.4, -0.2) is 35.6 Å². The number of nitrogens with zero attached hydrogens (tertiary/aromatic N) is 2. The van der Waals surface area contributed by atoms with E-state index in [1.54, 1.807) is 6.20 Å². The quantitative estimate of drug-likeness (QED) is 0.896. The Morgan fingerprint density at radius 1 is 1.59 bits per heavy atom. The maximum atomic E-state index is 6.15. The molecule has 0 aromatic carbocycles. The zero-order valence-electron chi connectivity index (χ0n) is 10.3. The van der Waals surface area contributed by atoms with Crippen molar-refractivity contribution in [3.8, 4) is 0 Å². The summed E-state index contributed by atoms with van der Waals surface area (Å²) in [5.74, 6) is 0. The maximum Gasteiger partial charge on any atom is 0.0634 e. The zero-order valence-corrected chi connectivity index (χ0v) is 11.1. The predicted octanol–water partition coefficient (Wildman–Crippen LogP) is 2.31. The fourth-order valence-electron chi connectivity index (χ4n) is 2.27. The number of hydrogen-bond acceptors (Lipinski definition) is 3. The van der Waals surface area contributed by atoms with E-state index in [-0.39, 0.29) is 0 Å². The van der Waals surface area contributed by atoms with E-state index in [1.807, 2.05) is 12.3 Å². The average molecular weight is 254 g/mol. The lowest BCUT2D eigenvalue weighted by Crippen LogP contribution is -2.36. The van der Waals surface area contributed by atoms with E-state index in [2.05, 4.69) is 22.1 Å². The number of pyridine rings is 1. The normalized spacial score (nSPS) is 22.4. The lowest BCUT2D eigenvalue weighted by atomic mass is 10.2. The van der Waals surface area contributed by atoms with Gasteiger partial charge in [0.1, 0.15) is 0 Å². The van der Waals surface area contributed by atoms with E-state index in [9.17, 15) is 0 Å². The number of aromatic nitrogens is 1. The summed E-state index contributed by atoms with van der Waals surface area (Å²) < 4.78 is 0. The molecule has 1 fully saturated rings. The summed E-state index contributed by atoms with van der Waals surface area (Å²) in [4.78, 5) is 6.51. The van der Waals surface area contributed by atoms with Gasteiger partial charge in [-0.05, 0) is 37.6 Å². The summed E-state index contributed by atoms with van der Waals surface area (Å²) in [7, 11) is 0. The van der Waals surface area contributed by atoms with Crippen LogP contribution in [0, 0.1) is 0 Å².